The molecule has 0 aliphatic heterocycles. The van der Waals surface area contributed by atoms with E-state index >= 15 is 0 Å². The maximum atomic E-state index is 12.5. The van der Waals surface area contributed by atoms with Crippen molar-refractivity contribution in [3.63, 3.8) is 0 Å². The van der Waals surface area contributed by atoms with Crippen molar-refractivity contribution in [2.24, 2.45) is 5.84 Å². The second kappa shape index (κ2) is 13.0. The highest BCUT2D eigenvalue weighted by Gasteiger charge is 2.24. The third kappa shape index (κ3) is 8.30. The predicted molar refractivity (Wildman–Crippen MR) is 105 cm³/mol. The Morgan fingerprint density at radius 2 is 1.52 bits per heavy atom. The van der Waals surface area contributed by atoms with E-state index in [1.54, 1.807) is 0 Å². The molecule has 0 spiro atoms. The van der Waals surface area contributed by atoms with Gasteiger partial charge in [-0.2, -0.15) is 0 Å². The number of hydrazine groups is 1. The molecule has 0 atom stereocenters. The number of hydrogen-bond acceptors (Lipinski definition) is 5. The van der Waals surface area contributed by atoms with Gasteiger partial charge in [0.1, 0.15) is 11.5 Å². The molecule has 0 saturated heterocycles. The molecule has 0 bridgehead atoms. The zero-order chi connectivity index (χ0) is 20.1. The molecule has 0 aliphatic carbocycles. The number of phenolic OH excluding ortho intramolecular Hbond substituents is 2. The van der Waals surface area contributed by atoms with E-state index in [1.165, 1.54) is 50.7 Å². The Hall–Kier alpha value is -2.28. The average molecular weight is 380 g/mol. The summed E-state index contributed by atoms with van der Waals surface area (Å²) >= 11 is 0. The molecule has 0 fully saturated rings. The van der Waals surface area contributed by atoms with Crippen LogP contribution in [0.1, 0.15) is 81.5 Å². The third-order valence-electron chi connectivity index (χ3n) is 4.56. The van der Waals surface area contributed by atoms with Gasteiger partial charge in [-0.05, 0) is 18.6 Å². The Labute approximate surface area is 161 Å². The number of urea groups is 1. The van der Waals surface area contributed by atoms with Crippen molar-refractivity contribution in [2.75, 3.05) is 6.54 Å². The summed E-state index contributed by atoms with van der Waals surface area (Å²) in [6, 6.07) is 2.91. The SMILES string of the molecule is CCCCCCCCCCCCN(C(=O)NN)C(=O)c1ccc(O)cc1O. The Bertz CT molecular complexity index is 593. The van der Waals surface area contributed by atoms with Crippen LogP contribution in [0.2, 0.25) is 0 Å². The zero-order valence-electron chi connectivity index (χ0n) is 16.2. The maximum Gasteiger partial charge on any atom is 0.338 e. The van der Waals surface area contributed by atoms with Crippen LogP contribution >= 0.6 is 0 Å². The van der Waals surface area contributed by atoms with E-state index < -0.39 is 11.9 Å². The minimum Gasteiger partial charge on any atom is -0.508 e. The van der Waals surface area contributed by atoms with Crippen molar-refractivity contribution < 1.29 is 19.8 Å². The highest BCUT2D eigenvalue weighted by molar-refractivity contribution is 6.05. The number of hydrogen-bond donors (Lipinski definition) is 4. The number of nitrogens with two attached hydrogens (primary N) is 1. The van der Waals surface area contributed by atoms with Crippen LogP contribution in [0.3, 0.4) is 0 Å². The van der Waals surface area contributed by atoms with Gasteiger partial charge in [0, 0.05) is 12.6 Å². The Morgan fingerprint density at radius 3 is 2.04 bits per heavy atom. The standard InChI is InChI=1S/C20H33N3O4/c1-2-3-4-5-6-7-8-9-10-11-14-23(20(27)22-21)19(26)17-13-12-16(24)15-18(17)25/h12-13,15,24-25H,2-11,14,21H2,1H3,(H,22,27). The first-order valence-corrected chi connectivity index (χ1v) is 9.85. The molecule has 1 rings (SSSR count). The summed E-state index contributed by atoms with van der Waals surface area (Å²) in [5.74, 6) is 3.99. The number of rotatable bonds is 12. The van der Waals surface area contributed by atoms with E-state index in [4.69, 9.17) is 5.84 Å². The number of phenols is 2. The molecule has 1 aromatic rings. The molecule has 1 aromatic carbocycles. The fourth-order valence-electron chi connectivity index (χ4n) is 2.98. The summed E-state index contributed by atoms with van der Waals surface area (Å²) < 4.78 is 0. The predicted octanol–water partition coefficient (Wildman–Crippen LogP) is 4.04. The average Bonchev–Trinajstić information content (AvgIpc) is 2.65. The number of benzene rings is 1. The molecule has 0 unspecified atom stereocenters. The molecule has 0 aromatic heterocycles. The summed E-state index contributed by atoms with van der Waals surface area (Å²) in [6.45, 7) is 2.43. The maximum absolute atomic E-state index is 12.5. The molecular formula is C20H33N3O4. The van der Waals surface area contributed by atoms with Gasteiger partial charge in [-0.3, -0.25) is 15.1 Å². The quantitative estimate of drug-likeness (QED) is 0.189. The second-order valence-corrected chi connectivity index (χ2v) is 6.79. The van der Waals surface area contributed by atoms with Crippen LogP contribution in [0.5, 0.6) is 11.5 Å². The molecule has 0 heterocycles. The summed E-state index contributed by atoms with van der Waals surface area (Å²) in [4.78, 5) is 25.5. The van der Waals surface area contributed by atoms with E-state index in [1.807, 2.05) is 5.43 Å². The summed E-state index contributed by atoms with van der Waals surface area (Å²) in [5.41, 5.74) is 1.91. The largest absolute Gasteiger partial charge is 0.508 e. The number of aromatic hydroxyl groups is 2. The van der Waals surface area contributed by atoms with E-state index in [0.29, 0.717) is 6.42 Å². The fourth-order valence-corrected chi connectivity index (χ4v) is 2.98. The Kier molecular flexibility index (Phi) is 10.9. The van der Waals surface area contributed by atoms with Crippen molar-refractivity contribution in [3.8, 4) is 11.5 Å². The van der Waals surface area contributed by atoms with Crippen LogP contribution < -0.4 is 11.3 Å². The van der Waals surface area contributed by atoms with Gasteiger partial charge in [0.15, 0.2) is 0 Å². The van der Waals surface area contributed by atoms with Gasteiger partial charge < -0.3 is 10.2 Å². The lowest BCUT2D eigenvalue weighted by molar-refractivity contribution is 0.0795. The highest BCUT2D eigenvalue weighted by Crippen LogP contribution is 2.24. The first-order chi connectivity index (χ1) is 13.0. The first kappa shape index (κ1) is 22.8. The van der Waals surface area contributed by atoms with Crippen LogP contribution in [-0.2, 0) is 0 Å². The molecule has 7 heteroatoms. The smallest absolute Gasteiger partial charge is 0.338 e. The number of carbonyl (C=O) groups is 2. The lowest BCUT2D eigenvalue weighted by Gasteiger charge is -2.20. The molecule has 152 valence electrons. The second-order valence-electron chi connectivity index (χ2n) is 6.79. The van der Waals surface area contributed by atoms with Crippen LogP contribution in [0.4, 0.5) is 4.79 Å². The number of nitrogens with one attached hydrogen (secondary N) is 1. The van der Waals surface area contributed by atoms with Gasteiger partial charge in [-0.15, -0.1) is 0 Å². The zero-order valence-corrected chi connectivity index (χ0v) is 16.2. The Morgan fingerprint density at radius 1 is 0.963 bits per heavy atom. The lowest BCUT2D eigenvalue weighted by Crippen LogP contribution is -2.47. The van der Waals surface area contributed by atoms with Gasteiger partial charge in [0.25, 0.3) is 5.91 Å². The van der Waals surface area contributed by atoms with Crippen molar-refractivity contribution in [1.82, 2.24) is 10.3 Å². The Balaban J connectivity index is 2.41. The van der Waals surface area contributed by atoms with Crippen LogP contribution in [0, 0.1) is 0 Å². The van der Waals surface area contributed by atoms with Crippen molar-refractivity contribution in [2.45, 2.75) is 71.1 Å². The van der Waals surface area contributed by atoms with E-state index in [9.17, 15) is 19.8 Å². The molecule has 27 heavy (non-hydrogen) atoms. The van der Waals surface area contributed by atoms with E-state index in [0.717, 1.165) is 30.2 Å². The first-order valence-electron chi connectivity index (χ1n) is 9.85. The molecule has 0 saturated carbocycles. The monoisotopic (exact) mass is 379 g/mol. The topological polar surface area (TPSA) is 116 Å². The lowest BCUT2D eigenvalue weighted by atomic mass is 10.1. The van der Waals surface area contributed by atoms with E-state index in [-0.39, 0.29) is 23.6 Å². The number of nitrogens with zero attached hydrogens (tertiary/aromatic N) is 1. The third-order valence-corrected chi connectivity index (χ3v) is 4.56. The number of imide groups is 1. The van der Waals surface area contributed by atoms with Crippen molar-refractivity contribution in [1.29, 1.82) is 0 Å². The molecule has 3 amide bonds. The molecule has 5 N–H and O–H groups in total. The summed E-state index contributed by atoms with van der Waals surface area (Å²) in [7, 11) is 0. The van der Waals surface area contributed by atoms with Crippen LogP contribution in [0.25, 0.3) is 0 Å². The van der Waals surface area contributed by atoms with Gasteiger partial charge in [-0.25, -0.2) is 10.6 Å². The molecule has 0 aliphatic rings. The van der Waals surface area contributed by atoms with Gasteiger partial charge >= 0.3 is 6.03 Å². The van der Waals surface area contributed by atoms with Gasteiger partial charge in [0.05, 0.1) is 5.56 Å². The van der Waals surface area contributed by atoms with Crippen LogP contribution in [-0.4, -0.2) is 33.6 Å². The van der Waals surface area contributed by atoms with Crippen LogP contribution in [0.15, 0.2) is 18.2 Å². The van der Waals surface area contributed by atoms with Crippen molar-refractivity contribution in [3.05, 3.63) is 23.8 Å². The van der Waals surface area contributed by atoms with E-state index in [2.05, 4.69) is 6.92 Å². The molecule has 7 nitrogen and oxygen atoms in total. The minimum atomic E-state index is -0.719. The minimum absolute atomic E-state index is 0.0523. The van der Waals surface area contributed by atoms with Crippen molar-refractivity contribution >= 4 is 11.9 Å². The summed E-state index contributed by atoms with van der Waals surface area (Å²) in [6.07, 6.45) is 11.5. The summed E-state index contributed by atoms with van der Waals surface area (Å²) in [5, 5.41) is 19.2. The fraction of sp³-hybridized carbons (Fsp3) is 0.600. The molecule has 0 radical (unpaired) electrons. The van der Waals surface area contributed by atoms with Gasteiger partial charge in [0.2, 0.25) is 0 Å². The number of carbonyl (C=O) groups excluding carboxylic acids is 2. The number of unbranched alkanes of at least 4 members (excludes halogenated alkanes) is 9. The van der Waals surface area contributed by atoms with Gasteiger partial charge in [-0.1, -0.05) is 64.7 Å². The highest BCUT2D eigenvalue weighted by atomic mass is 16.3. The number of amides is 3. The normalized spacial score (nSPS) is 10.6. The molecular weight excluding hydrogens is 346 g/mol.